The number of nitrogens with zero attached hydrogens (tertiary/aromatic N) is 1. The third-order valence-corrected chi connectivity index (χ3v) is 2.77. The Kier molecular flexibility index (Phi) is 3.02. The third-order valence-electron chi connectivity index (χ3n) is 2.77. The van der Waals surface area contributed by atoms with E-state index in [1.807, 2.05) is 13.8 Å². The van der Waals surface area contributed by atoms with Gasteiger partial charge in [0.05, 0.1) is 11.0 Å². The molecule has 0 fully saturated rings. The van der Waals surface area contributed by atoms with E-state index in [9.17, 15) is 4.39 Å². The Morgan fingerprint density at radius 2 is 2.29 bits per heavy atom. The molecule has 0 amide bonds. The monoisotopic (exact) mass is 237 g/mol. The predicted octanol–water partition coefficient (Wildman–Crippen LogP) is 2.21. The second-order valence-electron chi connectivity index (χ2n) is 4.50. The van der Waals surface area contributed by atoms with E-state index < -0.39 is 0 Å². The van der Waals surface area contributed by atoms with E-state index in [2.05, 4.69) is 9.97 Å². The Hall–Kier alpha value is -1.62. The van der Waals surface area contributed by atoms with Gasteiger partial charge in [0.2, 0.25) is 0 Å². The van der Waals surface area contributed by atoms with Gasteiger partial charge >= 0.3 is 0 Å². The van der Waals surface area contributed by atoms with Crippen LogP contribution in [0.4, 0.5) is 4.39 Å². The smallest absolute Gasteiger partial charge is 0.294 e. The summed E-state index contributed by atoms with van der Waals surface area (Å²) >= 11 is 0. The van der Waals surface area contributed by atoms with Crippen LogP contribution in [-0.2, 0) is 0 Å². The predicted molar refractivity (Wildman–Crippen MR) is 64.4 cm³/mol. The fourth-order valence-corrected chi connectivity index (χ4v) is 1.36. The van der Waals surface area contributed by atoms with Crippen molar-refractivity contribution in [3.63, 3.8) is 0 Å². The van der Waals surface area contributed by atoms with Gasteiger partial charge in [-0.3, -0.25) is 0 Å². The Balaban J connectivity index is 2.15. The molecule has 0 aliphatic rings. The van der Waals surface area contributed by atoms with Crippen LogP contribution in [0.25, 0.3) is 11.0 Å². The molecule has 0 saturated carbocycles. The average molecular weight is 237 g/mol. The molecule has 0 saturated heterocycles. The average Bonchev–Trinajstić information content (AvgIpc) is 2.68. The first-order chi connectivity index (χ1) is 8.00. The van der Waals surface area contributed by atoms with Crippen LogP contribution in [0.3, 0.4) is 0 Å². The van der Waals surface area contributed by atoms with Crippen LogP contribution in [0, 0.1) is 5.82 Å². The summed E-state index contributed by atoms with van der Waals surface area (Å²) in [6.07, 6.45) is 0.807. The highest BCUT2D eigenvalue weighted by Crippen LogP contribution is 2.17. The summed E-state index contributed by atoms with van der Waals surface area (Å²) in [6, 6.07) is 4.73. The van der Waals surface area contributed by atoms with Crippen molar-refractivity contribution in [2.45, 2.75) is 25.8 Å². The lowest BCUT2D eigenvalue weighted by Crippen LogP contribution is -2.41. The van der Waals surface area contributed by atoms with Crippen LogP contribution in [0.15, 0.2) is 18.2 Å². The molecule has 2 rings (SSSR count). The molecule has 0 aliphatic carbocycles. The molecule has 1 heterocycles. The Bertz CT molecular complexity index is 521. The van der Waals surface area contributed by atoms with E-state index in [1.54, 1.807) is 6.07 Å². The van der Waals surface area contributed by atoms with Crippen molar-refractivity contribution in [2.75, 3.05) is 6.61 Å². The minimum Gasteiger partial charge on any atom is -0.463 e. The molecular weight excluding hydrogens is 221 g/mol. The van der Waals surface area contributed by atoms with Gasteiger partial charge < -0.3 is 15.5 Å². The number of nitrogens with two attached hydrogens (primary N) is 1. The zero-order chi connectivity index (χ0) is 12.5. The maximum absolute atomic E-state index is 13.0. The Morgan fingerprint density at radius 3 is 3.00 bits per heavy atom. The van der Waals surface area contributed by atoms with Gasteiger partial charge in [0.25, 0.3) is 6.01 Å². The van der Waals surface area contributed by atoms with Crippen LogP contribution < -0.4 is 10.5 Å². The minimum atomic E-state index is -0.385. The van der Waals surface area contributed by atoms with Crippen LogP contribution in [0.5, 0.6) is 6.01 Å². The minimum absolute atomic E-state index is 0.301. The summed E-state index contributed by atoms with van der Waals surface area (Å²) in [7, 11) is 0. The molecule has 1 unspecified atom stereocenters. The molecule has 4 nitrogen and oxygen atoms in total. The zero-order valence-electron chi connectivity index (χ0n) is 9.96. The highest BCUT2D eigenvalue weighted by molar-refractivity contribution is 5.75. The molecule has 1 aromatic heterocycles. The van der Waals surface area contributed by atoms with Crippen LogP contribution in [0.1, 0.15) is 20.3 Å². The fourth-order valence-electron chi connectivity index (χ4n) is 1.36. The van der Waals surface area contributed by atoms with Gasteiger partial charge in [0.15, 0.2) is 0 Å². The zero-order valence-corrected chi connectivity index (χ0v) is 9.96. The topological polar surface area (TPSA) is 63.9 Å². The van der Waals surface area contributed by atoms with Gasteiger partial charge in [-0.1, -0.05) is 6.92 Å². The SMILES string of the molecule is CCC(C)(N)COc1nc2ccc(F)cc2[nH]1. The van der Waals surface area contributed by atoms with Crippen molar-refractivity contribution in [1.82, 2.24) is 9.97 Å². The van der Waals surface area contributed by atoms with Gasteiger partial charge in [-0.15, -0.1) is 0 Å². The van der Waals surface area contributed by atoms with E-state index in [1.165, 1.54) is 12.1 Å². The number of aromatic amines is 1. The number of H-pyrrole nitrogens is 1. The van der Waals surface area contributed by atoms with E-state index in [0.29, 0.717) is 23.7 Å². The summed E-state index contributed by atoms with van der Waals surface area (Å²) < 4.78 is 18.4. The van der Waals surface area contributed by atoms with E-state index >= 15 is 0 Å². The summed E-state index contributed by atoms with van der Waals surface area (Å²) in [5, 5.41) is 0. The van der Waals surface area contributed by atoms with Crippen LogP contribution >= 0.6 is 0 Å². The molecule has 2 aromatic rings. The fraction of sp³-hybridized carbons (Fsp3) is 0.417. The molecular formula is C12H16FN3O. The standard InChI is InChI=1S/C12H16FN3O/c1-3-12(2,14)7-17-11-15-9-5-4-8(13)6-10(9)16-11/h4-6H,3,7,14H2,1-2H3,(H,15,16). The highest BCUT2D eigenvalue weighted by atomic mass is 19.1. The van der Waals surface area contributed by atoms with Crippen molar-refractivity contribution < 1.29 is 9.13 Å². The third kappa shape index (κ3) is 2.74. The number of halogens is 1. The first kappa shape index (κ1) is 11.9. The number of benzene rings is 1. The molecule has 3 N–H and O–H groups in total. The van der Waals surface area contributed by atoms with Gasteiger partial charge in [0.1, 0.15) is 12.4 Å². The van der Waals surface area contributed by atoms with Gasteiger partial charge in [-0.05, 0) is 31.5 Å². The van der Waals surface area contributed by atoms with Crippen molar-refractivity contribution in [2.24, 2.45) is 5.73 Å². The molecule has 92 valence electrons. The first-order valence-electron chi connectivity index (χ1n) is 5.57. The largest absolute Gasteiger partial charge is 0.463 e. The molecule has 17 heavy (non-hydrogen) atoms. The second-order valence-corrected chi connectivity index (χ2v) is 4.50. The van der Waals surface area contributed by atoms with Crippen molar-refractivity contribution >= 4 is 11.0 Å². The number of ether oxygens (including phenoxy) is 1. The molecule has 0 radical (unpaired) electrons. The van der Waals surface area contributed by atoms with Crippen molar-refractivity contribution in [3.8, 4) is 6.01 Å². The molecule has 0 aliphatic heterocycles. The molecule has 0 spiro atoms. The number of hydrogen-bond acceptors (Lipinski definition) is 3. The maximum atomic E-state index is 13.0. The maximum Gasteiger partial charge on any atom is 0.294 e. The number of aromatic nitrogens is 2. The number of nitrogens with one attached hydrogen (secondary N) is 1. The van der Waals surface area contributed by atoms with Gasteiger partial charge in [-0.25, -0.2) is 4.39 Å². The highest BCUT2D eigenvalue weighted by Gasteiger charge is 2.17. The number of fused-ring (bicyclic) bond motifs is 1. The van der Waals surface area contributed by atoms with Gasteiger partial charge in [-0.2, -0.15) is 4.98 Å². The first-order valence-corrected chi connectivity index (χ1v) is 5.57. The molecule has 0 bridgehead atoms. The Morgan fingerprint density at radius 1 is 1.53 bits per heavy atom. The van der Waals surface area contributed by atoms with Crippen molar-refractivity contribution in [3.05, 3.63) is 24.0 Å². The number of imidazole rings is 1. The van der Waals surface area contributed by atoms with Crippen molar-refractivity contribution in [1.29, 1.82) is 0 Å². The molecule has 1 aromatic carbocycles. The normalized spacial score (nSPS) is 14.8. The quantitative estimate of drug-likeness (QED) is 0.856. The summed E-state index contributed by atoms with van der Waals surface area (Å²) in [4.78, 5) is 7.10. The van der Waals surface area contributed by atoms with Crippen LogP contribution in [0.2, 0.25) is 0 Å². The second kappa shape index (κ2) is 4.33. The van der Waals surface area contributed by atoms with Gasteiger partial charge in [0, 0.05) is 5.54 Å². The lowest BCUT2D eigenvalue weighted by atomic mass is 10.0. The Labute approximate surface area is 99.0 Å². The lowest BCUT2D eigenvalue weighted by Gasteiger charge is -2.21. The number of hydrogen-bond donors (Lipinski definition) is 2. The number of rotatable bonds is 4. The molecule has 5 heteroatoms. The lowest BCUT2D eigenvalue weighted by molar-refractivity contribution is 0.213. The summed E-state index contributed by atoms with van der Waals surface area (Å²) in [5.74, 6) is -0.301. The summed E-state index contributed by atoms with van der Waals surface area (Å²) in [6.45, 7) is 4.28. The van der Waals surface area contributed by atoms with E-state index in [0.717, 1.165) is 6.42 Å². The van der Waals surface area contributed by atoms with Crippen LogP contribution in [-0.4, -0.2) is 22.1 Å². The summed E-state index contributed by atoms with van der Waals surface area (Å²) in [5.41, 5.74) is 6.87. The molecule has 1 atom stereocenters. The van der Waals surface area contributed by atoms with E-state index in [4.69, 9.17) is 10.5 Å². The van der Waals surface area contributed by atoms with E-state index in [-0.39, 0.29) is 11.4 Å².